The van der Waals surface area contributed by atoms with Gasteiger partial charge in [-0.25, -0.2) is 6.57 Å². The Kier molecular flexibility index (Phi) is 2.72. The van der Waals surface area contributed by atoms with Gasteiger partial charge >= 0.3 is 0 Å². The fraction of sp³-hybridized carbons (Fsp3) is 0.417. The van der Waals surface area contributed by atoms with Gasteiger partial charge in [0.25, 0.3) is 0 Å². The summed E-state index contributed by atoms with van der Waals surface area (Å²) in [5.74, 6) is 0. The number of hydrogen-bond acceptors (Lipinski definition) is 0. The Bertz CT molecular complexity index is 335. The molecule has 0 saturated heterocycles. The van der Waals surface area contributed by atoms with Crippen molar-refractivity contribution in [3.63, 3.8) is 0 Å². The van der Waals surface area contributed by atoms with Crippen LogP contribution in [-0.2, 0) is 0 Å². The van der Waals surface area contributed by atoms with Crippen LogP contribution in [0.2, 0.25) is 0 Å². The predicted molar refractivity (Wildman–Crippen MR) is 55.7 cm³/mol. The Hall–Kier alpha value is -1.29. The fourth-order valence-electron chi connectivity index (χ4n) is 1.91. The minimum atomic E-state index is -0.0133. The van der Waals surface area contributed by atoms with E-state index in [0.717, 1.165) is 0 Å². The van der Waals surface area contributed by atoms with Crippen molar-refractivity contribution in [2.45, 2.75) is 33.7 Å². The first-order valence-corrected chi connectivity index (χ1v) is 4.50. The largest absolute Gasteiger partial charge is 0.309 e. The van der Waals surface area contributed by atoms with Gasteiger partial charge in [0, 0.05) is 12.5 Å². The molecule has 0 saturated carbocycles. The van der Waals surface area contributed by atoms with Crippen LogP contribution in [0.1, 0.15) is 35.2 Å². The maximum Gasteiger partial charge on any atom is 0.246 e. The zero-order chi connectivity index (χ0) is 10.0. The monoisotopic (exact) mass is 173 g/mol. The third-order valence-corrected chi connectivity index (χ3v) is 2.35. The van der Waals surface area contributed by atoms with Crippen molar-refractivity contribution in [2.24, 2.45) is 0 Å². The van der Waals surface area contributed by atoms with E-state index in [-0.39, 0.29) is 6.04 Å². The van der Waals surface area contributed by atoms with Gasteiger partial charge < -0.3 is 4.85 Å². The van der Waals surface area contributed by atoms with Crippen LogP contribution in [0.4, 0.5) is 0 Å². The molecule has 0 spiro atoms. The van der Waals surface area contributed by atoms with Crippen molar-refractivity contribution >= 4 is 0 Å². The van der Waals surface area contributed by atoms with E-state index in [4.69, 9.17) is 6.57 Å². The van der Waals surface area contributed by atoms with Crippen LogP contribution in [0.3, 0.4) is 0 Å². The highest BCUT2D eigenvalue weighted by Gasteiger charge is 2.14. The molecule has 1 heteroatoms. The molecule has 13 heavy (non-hydrogen) atoms. The Morgan fingerprint density at radius 1 is 1.15 bits per heavy atom. The second kappa shape index (κ2) is 3.62. The Labute approximate surface area is 80.2 Å². The summed E-state index contributed by atoms with van der Waals surface area (Å²) >= 11 is 0. The Morgan fingerprint density at radius 2 is 1.62 bits per heavy atom. The summed E-state index contributed by atoms with van der Waals surface area (Å²) in [6, 6.07) is 4.27. The zero-order valence-electron chi connectivity index (χ0n) is 8.68. The van der Waals surface area contributed by atoms with E-state index in [1.807, 2.05) is 6.92 Å². The van der Waals surface area contributed by atoms with Crippen molar-refractivity contribution in [1.82, 2.24) is 0 Å². The van der Waals surface area contributed by atoms with Crippen LogP contribution in [0, 0.1) is 27.3 Å². The molecule has 0 radical (unpaired) electrons. The first kappa shape index (κ1) is 9.80. The van der Waals surface area contributed by atoms with Gasteiger partial charge in [-0.1, -0.05) is 17.7 Å². The van der Waals surface area contributed by atoms with Gasteiger partial charge in [-0.3, -0.25) is 0 Å². The molecule has 1 aromatic carbocycles. The predicted octanol–water partition coefficient (Wildman–Crippen LogP) is 3.59. The van der Waals surface area contributed by atoms with Gasteiger partial charge in [0.2, 0.25) is 6.04 Å². The lowest BCUT2D eigenvalue weighted by Gasteiger charge is -2.09. The van der Waals surface area contributed by atoms with Gasteiger partial charge in [0.05, 0.1) is 0 Å². The number of benzene rings is 1. The highest BCUT2D eigenvalue weighted by molar-refractivity contribution is 5.40. The molecule has 1 aromatic rings. The maximum atomic E-state index is 7.02. The van der Waals surface area contributed by atoms with E-state index in [2.05, 4.69) is 37.7 Å². The summed E-state index contributed by atoms with van der Waals surface area (Å²) in [7, 11) is 0. The van der Waals surface area contributed by atoms with E-state index in [1.54, 1.807) is 0 Å². The molecule has 0 aliphatic carbocycles. The molecule has 1 rings (SSSR count). The van der Waals surface area contributed by atoms with Crippen molar-refractivity contribution in [2.75, 3.05) is 0 Å². The first-order chi connectivity index (χ1) is 6.06. The minimum Gasteiger partial charge on any atom is -0.309 e. The lowest BCUT2D eigenvalue weighted by atomic mass is 9.95. The second-order valence-electron chi connectivity index (χ2n) is 3.62. The molecular weight excluding hydrogens is 158 g/mol. The average molecular weight is 173 g/mol. The molecule has 1 nitrogen and oxygen atoms in total. The van der Waals surface area contributed by atoms with E-state index in [0.29, 0.717) is 0 Å². The summed E-state index contributed by atoms with van der Waals surface area (Å²) in [5.41, 5.74) is 4.94. The lowest BCUT2D eigenvalue weighted by Crippen LogP contribution is -1.96. The first-order valence-electron chi connectivity index (χ1n) is 4.50. The van der Waals surface area contributed by atoms with E-state index >= 15 is 0 Å². The molecule has 0 aliphatic heterocycles. The van der Waals surface area contributed by atoms with Crippen LogP contribution < -0.4 is 0 Å². The topological polar surface area (TPSA) is 4.36 Å². The maximum absolute atomic E-state index is 7.02. The average Bonchev–Trinajstić information content (AvgIpc) is 2.02. The summed E-state index contributed by atoms with van der Waals surface area (Å²) in [6.07, 6.45) is 0. The van der Waals surface area contributed by atoms with E-state index < -0.39 is 0 Å². The third kappa shape index (κ3) is 1.89. The molecule has 0 aliphatic rings. The van der Waals surface area contributed by atoms with E-state index in [9.17, 15) is 0 Å². The lowest BCUT2D eigenvalue weighted by molar-refractivity contribution is 0.929. The third-order valence-electron chi connectivity index (χ3n) is 2.35. The molecule has 68 valence electrons. The fourth-order valence-corrected chi connectivity index (χ4v) is 1.91. The van der Waals surface area contributed by atoms with Crippen molar-refractivity contribution in [1.29, 1.82) is 0 Å². The molecule has 0 fully saturated rings. The van der Waals surface area contributed by atoms with E-state index in [1.165, 1.54) is 22.3 Å². The van der Waals surface area contributed by atoms with Crippen molar-refractivity contribution in [3.05, 3.63) is 45.8 Å². The molecule has 0 bridgehead atoms. The van der Waals surface area contributed by atoms with Gasteiger partial charge in [0.15, 0.2) is 0 Å². The van der Waals surface area contributed by atoms with Gasteiger partial charge in [-0.05, 0) is 31.9 Å². The molecule has 0 aromatic heterocycles. The molecule has 0 heterocycles. The molecule has 1 atom stereocenters. The standard InChI is InChI=1S/C12H15N/c1-8-6-9(2)12(10(3)7-8)11(4)13-5/h6-7,11H,1-4H3. The van der Waals surface area contributed by atoms with Crippen molar-refractivity contribution < 1.29 is 0 Å². The smallest absolute Gasteiger partial charge is 0.246 e. The Balaban J connectivity index is 3.30. The molecule has 1 unspecified atom stereocenters. The number of aryl methyl sites for hydroxylation is 3. The SMILES string of the molecule is [C-]#[N+]C(C)c1c(C)cc(C)cc1C. The summed E-state index contributed by atoms with van der Waals surface area (Å²) in [5, 5.41) is 0. The van der Waals surface area contributed by atoms with Crippen molar-refractivity contribution in [3.8, 4) is 0 Å². The molecular formula is C12H15N. The highest BCUT2D eigenvalue weighted by Crippen LogP contribution is 2.25. The highest BCUT2D eigenvalue weighted by atomic mass is 14.7. The van der Waals surface area contributed by atoms with Gasteiger partial charge in [0.1, 0.15) is 0 Å². The van der Waals surface area contributed by atoms with Crippen LogP contribution in [-0.4, -0.2) is 0 Å². The quantitative estimate of drug-likeness (QED) is 0.572. The second-order valence-corrected chi connectivity index (χ2v) is 3.62. The minimum absolute atomic E-state index is 0.0133. The van der Waals surface area contributed by atoms with Crippen LogP contribution in [0.25, 0.3) is 4.85 Å². The zero-order valence-corrected chi connectivity index (χ0v) is 8.68. The summed E-state index contributed by atoms with van der Waals surface area (Å²) in [4.78, 5) is 3.56. The summed E-state index contributed by atoms with van der Waals surface area (Å²) < 4.78 is 0. The molecule has 0 N–H and O–H groups in total. The van der Waals surface area contributed by atoms with Crippen LogP contribution in [0.5, 0.6) is 0 Å². The van der Waals surface area contributed by atoms with Gasteiger partial charge in [-0.15, -0.1) is 0 Å². The van der Waals surface area contributed by atoms with Gasteiger partial charge in [-0.2, -0.15) is 0 Å². The van der Waals surface area contributed by atoms with Crippen LogP contribution >= 0.6 is 0 Å². The van der Waals surface area contributed by atoms with Crippen LogP contribution in [0.15, 0.2) is 12.1 Å². The Morgan fingerprint density at radius 3 is 2.00 bits per heavy atom. The number of nitrogens with zero attached hydrogens (tertiary/aromatic N) is 1. The summed E-state index contributed by atoms with van der Waals surface area (Å²) in [6.45, 7) is 15.2. The number of hydrogen-bond donors (Lipinski definition) is 0. The molecule has 0 amide bonds. The normalized spacial score (nSPS) is 12.2. The number of rotatable bonds is 1.